The van der Waals surface area contributed by atoms with Gasteiger partial charge < -0.3 is 15.4 Å². The Morgan fingerprint density at radius 3 is 2.91 bits per heavy atom. The summed E-state index contributed by atoms with van der Waals surface area (Å²) in [6, 6.07) is 5.15. The minimum Gasteiger partial charge on any atom is -0.479 e. The normalized spacial score (nSPS) is 16.5. The Bertz CT molecular complexity index is 770. The number of carbonyl (C=O) groups excluding carboxylic acids is 2. The molecule has 0 fully saturated rings. The zero-order valence-electron chi connectivity index (χ0n) is 13.0. The molecule has 1 aliphatic heterocycles. The lowest BCUT2D eigenvalue weighted by Crippen LogP contribution is -2.34. The molecule has 0 aliphatic carbocycles. The highest BCUT2D eigenvalue weighted by Crippen LogP contribution is 2.32. The largest absolute Gasteiger partial charge is 0.479 e. The van der Waals surface area contributed by atoms with Crippen LogP contribution in [-0.2, 0) is 4.79 Å². The summed E-state index contributed by atoms with van der Waals surface area (Å²) in [6.45, 7) is 5.76. The van der Waals surface area contributed by atoms with E-state index in [4.69, 9.17) is 4.74 Å². The Hall–Kier alpha value is -2.41. The number of amides is 2. The fourth-order valence-electron chi connectivity index (χ4n) is 2.14. The number of nitrogens with one attached hydrogen (secondary N) is 2. The number of nitrogens with zero attached hydrogens (tertiary/aromatic N) is 1. The van der Waals surface area contributed by atoms with Gasteiger partial charge in [-0.25, -0.2) is 4.98 Å². The van der Waals surface area contributed by atoms with Crippen molar-refractivity contribution in [1.82, 2.24) is 4.98 Å². The van der Waals surface area contributed by atoms with E-state index in [2.05, 4.69) is 15.6 Å². The van der Waals surface area contributed by atoms with Crippen molar-refractivity contribution >= 4 is 34.5 Å². The minimum absolute atomic E-state index is 0.204. The van der Waals surface area contributed by atoms with Crippen LogP contribution in [0.2, 0.25) is 0 Å². The molecule has 0 bridgehead atoms. The SMILES string of the molecule is CC(C)c1ncc(C(=O)Nc2ccc3c(c2)NC(=O)[C@H](C)O3)s1. The minimum atomic E-state index is -0.519. The maximum absolute atomic E-state index is 12.3. The van der Waals surface area contributed by atoms with E-state index in [0.29, 0.717) is 27.9 Å². The molecule has 0 spiro atoms. The van der Waals surface area contributed by atoms with E-state index in [1.807, 2.05) is 13.8 Å². The summed E-state index contributed by atoms with van der Waals surface area (Å²) in [7, 11) is 0. The van der Waals surface area contributed by atoms with Crippen LogP contribution in [0.3, 0.4) is 0 Å². The van der Waals surface area contributed by atoms with Gasteiger partial charge in [-0.1, -0.05) is 13.8 Å². The van der Waals surface area contributed by atoms with Crippen LogP contribution in [0.15, 0.2) is 24.4 Å². The third-order valence-electron chi connectivity index (χ3n) is 3.41. The molecule has 1 atom stereocenters. The molecule has 0 unspecified atom stereocenters. The van der Waals surface area contributed by atoms with Gasteiger partial charge in [-0.15, -0.1) is 11.3 Å². The Morgan fingerprint density at radius 2 is 2.22 bits per heavy atom. The molecule has 7 heteroatoms. The van der Waals surface area contributed by atoms with Crippen LogP contribution in [-0.4, -0.2) is 22.9 Å². The van der Waals surface area contributed by atoms with Gasteiger partial charge in [-0.2, -0.15) is 0 Å². The van der Waals surface area contributed by atoms with E-state index in [0.717, 1.165) is 5.01 Å². The summed E-state index contributed by atoms with van der Waals surface area (Å²) in [5, 5.41) is 6.49. The number of hydrogen-bond acceptors (Lipinski definition) is 5. The zero-order valence-corrected chi connectivity index (χ0v) is 13.9. The first-order valence-electron chi connectivity index (χ1n) is 7.32. The van der Waals surface area contributed by atoms with Crippen molar-refractivity contribution in [3.63, 3.8) is 0 Å². The van der Waals surface area contributed by atoms with Gasteiger partial charge in [0.15, 0.2) is 6.10 Å². The fourth-order valence-corrected chi connectivity index (χ4v) is 2.95. The van der Waals surface area contributed by atoms with Crippen molar-refractivity contribution in [1.29, 1.82) is 0 Å². The Labute approximate surface area is 137 Å². The molecule has 0 saturated carbocycles. The highest BCUT2D eigenvalue weighted by atomic mass is 32.1. The lowest BCUT2D eigenvalue weighted by atomic mass is 10.2. The summed E-state index contributed by atoms with van der Waals surface area (Å²) in [6.07, 6.45) is 1.06. The van der Waals surface area contributed by atoms with Gasteiger partial charge in [0, 0.05) is 11.6 Å². The molecule has 2 heterocycles. The monoisotopic (exact) mass is 331 g/mol. The molecule has 0 saturated heterocycles. The van der Waals surface area contributed by atoms with E-state index < -0.39 is 6.10 Å². The number of hydrogen-bond donors (Lipinski definition) is 2. The highest BCUT2D eigenvalue weighted by Gasteiger charge is 2.23. The first kappa shape index (κ1) is 15.5. The number of aromatic nitrogens is 1. The fraction of sp³-hybridized carbons (Fsp3) is 0.312. The van der Waals surface area contributed by atoms with Crippen LogP contribution in [0.4, 0.5) is 11.4 Å². The number of anilines is 2. The number of carbonyl (C=O) groups is 2. The van der Waals surface area contributed by atoms with Crippen LogP contribution in [0, 0.1) is 0 Å². The van der Waals surface area contributed by atoms with E-state index in [1.165, 1.54) is 11.3 Å². The van der Waals surface area contributed by atoms with E-state index in [1.54, 1.807) is 31.3 Å². The third-order valence-corrected chi connectivity index (χ3v) is 4.71. The second-order valence-electron chi connectivity index (χ2n) is 5.63. The Morgan fingerprint density at radius 1 is 1.43 bits per heavy atom. The molecular formula is C16H17N3O3S. The van der Waals surface area contributed by atoms with Crippen molar-refractivity contribution in [2.24, 2.45) is 0 Å². The average molecular weight is 331 g/mol. The molecule has 0 radical (unpaired) electrons. The highest BCUT2D eigenvalue weighted by molar-refractivity contribution is 7.13. The topological polar surface area (TPSA) is 80.3 Å². The smallest absolute Gasteiger partial charge is 0.267 e. The average Bonchev–Trinajstić information content (AvgIpc) is 2.99. The third kappa shape index (κ3) is 3.19. The maximum Gasteiger partial charge on any atom is 0.267 e. The van der Waals surface area contributed by atoms with Crippen LogP contribution in [0.1, 0.15) is 41.4 Å². The predicted octanol–water partition coefficient (Wildman–Crippen LogP) is 3.24. The summed E-state index contributed by atoms with van der Waals surface area (Å²) in [5.74, 6) is 0.463. The van der Waals surface area contributed by atoms with Crippen LogP contribution in [0.5, 0.6) is 5.75 Å². The summed E-state index contributed by atoms with van der Waals surface area (Å²) in [5.41, 5.74) is 1.14. The van der Waals surface area contributed by atoms with Crippen LogP contribution in [0.25, 0.3) is 0 Å². The van der Waals surface area contributed by atoms with Gasteiger partial charge in [-0.05, 0) is 25.1 Å². The van der Waals surface area contributed by atoms with Gasteiger partial charge in [-0.3, -0.25) is 9.59 Å². The van der Waals surface area contributed by atoms with Gasteiger partial charge in [0.1, 0.15) is 10.6 Å². The molecule has 3 rings (SSSR count). The number of benzene rings is 1. The molecule has 6 nitrogen and oxygen atoms in total. The lowest BCUT2D eigenvalue weighted by molar-refractivity contribution is -0.122. The molecule has 2 amide bonds. The van der Waals surface area contributed by atoms with Crippen molar-refractivity contribution in [2.75, 3.05) is 10.6 Å². The van der Waals surface area contributed by atoms with Gasteiger partial charge in [0.05, 0.1) is 16.9 Å². The Kier molecular flexibility index (Phi) is 4.04. The molecule has 23 heavy (non-hydrogen) atoms. The molecule has 1 aliphatic rings. The van der Waals surface area contributed by atoms with Crippen molar-refractivity contribution in [3.8, 4) is 5.75 Å². The standard InChI is InChI=1S/C16H17N3O3S/c1-8(2)16-17-7-13(23-16)15(21)18-10-4-5-12-11(6-10)19-14(20)9(3)22-12/h4-9H,1-3H3,(H,18,21)(H,19,20)/t9-/m0/s1. The molecular weight excluding hydrogens is 314 g/mol. The molecule has 120 valence electrons. The summed E-state index contributed by atoms with van der Waals surface area (Å²) in [4.78, 5) is 28.7. The molecule has 2 N–H and O–H groups in total. The second kappa shape index (κ2) is 6.00. The quantitative estimate of drug-likeness (QED) is 0.905. The van der Waals surface area contributed by atoms with E-state index in [9.17, 15) is 9.59 Å². The predicted molar refractivity (Wildman–Crippen MR) is 89.3 cm³/mol. The van der Waals surface area contributed by atoms with E-state index in [-0.39, 0.29) is 11.8 Å². The van der Waals surface area contributed by atoms with Crippen LogP contribution < -0.4 is 15.4 Å². The number of ether oxygens (including phenoxy) is 1. The van der Waals surface area contributed by atoms with Gasteiger partial charge in [0.25, 0.3) is 11.8 Å². The molecule has 1 aromatic heterocycles. The number of thiazole rings is 1. The van der Waals surface area contributed by atoms with E-state index >= 15 is 0 Å². The van der Waals surface area contributed by atoms with Gasteiger partial charge >= 0.3 is 0 Å². The second-order valence-corrected chi connectivity index (χ2v) is 6.69. The summed E-state index contributed by atoms with van der Waals surface area (Å²) >= 11 is 1.38. The summed E-state index contributed by atoms with van der Waals surface area (Å²) < 4.78 is 5.49. The van der Waals surface area contributed by atoms with Gasteiger partial charge in [0.2, 0.25) is 0 Å². The lowest BCUT2D eigenvalue weighted by Gasteiger charge is -2.23. The maximum atomic E-state index is 12.3. The molecule has 1 aromatic carbocycles. The molecule has 2 aromatic rings. The van der Waals surface area contributed by atoms with Crippen molar-refractivity contribution in [2.45, 2.75) is 32.8 Å². The zero-order chi connectivity index (χ0) is 16.6. The van der Waals surface area contributed by atoms with Crippen LogP contribution >= 0.6 is 11.3 Å². The first-order chi connectivity index (χ1) is 10.9. The first-order valence-corrected chi connectivity index (χ1v) is 8.14. The van der Waals surface area contributed by atoms with Crippen molar-refractivity contribution < 1.29 is 14.3 Å². The Balaban J connectivity index is 1.76. The number of rotatable bonds is 3. The van der Waals surface area contributed by atoms with Crippen molar-refractivity contribution in [3.05, 3.63) is 34.3 Å². The number of fused-ring (bicyclic) bond motifs is 1.